The van der Waals surface area contributed by atoms with Gasteiger partial charge in [0, 0.05) is 57.2 Å². The van der Waals surface area contributed by atoms with Crippen LogP contribution >= 0.6 is 0 Å². The maximum Gasteiger partial charge on any atom is 0.416 e. The van der Waals surface area contributed by atoms with Crippen LogP contribution in [-0.4, -0.2) is 63.5 Å². The number of aryl methyl sites for hydroxylation is 2. The number of anilines is 1. The normalized spacial score (nSPS) is 14.9. The highest BCUT2D eigenvalue weighted by atomic mass is 19.4. The van der Waals surface area contributed by atoms with E-state index in [4.69, 9.17) is 4.74 Å². The summed E-state index contributed by atoms with van der Waals surface area (Å²) < 4.78 is 49.6. The zero-order valence-corrected chi connectivity index (χ0v) is 22.3. The van der Waals surface area contributed by atoms with E-state index in [1.165, 1.54) is 18.2 Å². The molecule has 0 saturated carbocycles. The van der Waals surface area contributed by atoms with Gasteiger partial charge in [-0.15, -0.1) is 0 Å². The smallest absolute Gasteiger partial charge is 0.416 e. The van der Waals surface area contributed by atoms with Gasteiger partial charge in [-0.05, 0) is 55.4 Å². The minimum Gasteiger partial charge on any atom is -0.437 e. The molecule has 0 radical (unpaired) electrons. The summed E-state index contributed by atoms with van der Waals surface area (Å²) in [6.45, 7) is 4.91. The maximum atomic E-state index is 14.0. The number of piperazine rings is 1. The molecule has 2 aromatic heterocycles. The van der Waals surface area contributed by atoms with Gasteiger partial charge in [-0.1, -0.05) is 12.1 Å². The number of carbonyl (C=O) groups is 1. The largest absolute Gasteiger partial charge is 0.437 e. The minimum absolute atomic E-state index is 0.0317. The molecule has 1 saturated heterocycles. The van der Waals surface area contributed by atoms with E-state index in [1.54, 1.807) is 42.9 Å². The third kappa shape index (κ3) is 5.87. The van der Waals surface area contributed by atoms with E-state index in [0.717, 1.165) is 19.2 Å². The van der Waals surface area contributed by atoms with Crippen molar-refractivity contribution < 1.29 is 22.7 Å². The van der Waals surface area contributed by atoms with Crippen molar-refractivity contribution in [3.63, 3.8) is 0 Å². The number of amides is 1. The summed E-state index contributed by atoms with van der Waals surface area (Å²) in [5, 5.41) is 2.57. The third-order valence-corrected chi connectivity index (χ3v) is 7.04. The first-order valence-corrected chi connectivity index (χ1v) is 12.7. The fourth-order valence-corrected chi connectivity index (χ4v) is 4.72. The molecule has 2 N–H and O–H groups in total. The number of likely N-dealkylation sites (N-methyl/N-ethyl adjacent to an activating group) is 1. The van der Waals surface area contributed by atoms with Gasteiger partial charge in [0.2, 0.25) is 5.88 Å². The number of rotatable bonds is 6. The van der Waals surface area contributed by atoms with Crippen molar-refractivity contribution >= 4 is 22.6 Å². The van der Waals surface area contributed by atoms with Crippen LogP contribution in [0.25, 0.3) is 11.0 Å². The molecule has 210 valence electrons. The van der Waals surface area contributed by atoms with Crippen molar-refractivity contribution in [3.8, 4) is 11.6 Å². The number of H-pyrrole nitrogens is 1. The van der Waals surface area contributed by atoms with E-state index >= 15 is 0 Å². The van der Waals surface area contributed by atoms with Gasteiger partial charge in [0.1, 0.15) is 11.3 Å². The van der Waals surface area contributed by atoms with Gasteiger partial charge in [0.05, 0.1) is 11.1 Å². The molecule has 40 heavy (non-hydrogen) atoms. The fraction of sp³-hybridized carbons (Fsp3) is 0.321. The first kappa shape index (κ1) is 27.4. The summed E-state index contributed by atoms with van der Waals surface area (Å²) >= 11 is 0. The Morgan fingerprint density at radius 1 is 1.07 bits per heavy atom. The summed E-state index contributed by atoms with van der Waals surface area (Å²) in [5.41, 5.74) is 0.784. The Kier molecular flexibility index (Phi) is 7.39. The average molecular weight is 555 g/mol. The topological polar surface area (TPSA) is 95.5 Å². The summed E-state index contributed by atoms with van der Waals surface area (Å²) in [6.07, 6.45) is -2.83. The second-order valence-corrected chi connectivity index (χ2v) is 10.0. The van der Waals surface area contributed by atoms with Crippen LogP contribution in [0.4, 0.5) is 18.9 Å². The molecule has 5 rings (SSSR count). The predicted molar refractivity (Wildman–Crippen MR) is 145 cm³/mol. The second kappa shape index (κ2) is 10.8. The average Bonchev–Trinajstić information content (AvgIpc) is 3.27. The fourth-order valence-electron chi connectivity index (χ4n) is 4.72. The van der Waals surface area contributed by atoms with E-state index in [1.807, 2.05) is 11.9 Å². The zero-order valence-electron chi connectivity index (χ0n) is 22.3. The Bertz CT molecular complexity index is 1620. The van der Waals surface area contributed by atoms with Crippen molar-refractivity contribution in [2.75, 3.05) is 38.5 Å². The van der Waals surface area contributed by atoms with Crippen LogP contribution in [0.5, 0.6) is 11.6 Å². The monoisotopic (exact) mass is 554 g/mol. The molecule has 1 fully saturated rings. The van der Waals surface area contributed by atoms with Gasteiger partial charge >= 0.3 is 11.9 Å². The quantitative estimate of drug-likeness (QED) is 0.367. The molecule has 0 spiro atoms. The van der Waals surface area contributed by atoms with Crippen LogP contribution in [0.15, 0.2) is 53.5 Å². The maximum absolute atomic E-state index is 14.0. The molecular weight excluding hydrogens is 525 g/mol. The molecule has 3 heterocycles. The molecule has 4 aromatic rings. The summed E-state index contributed by atoms with van der Waals surface area (Å²) in [5.74, 6) is -0.253. The molecule has 0 bridgehead atoms. The highest BCUT2D eigenvalue weighted by Crippen LogP contribution is 2.35. The summed E-state index contributed by atoms with van der Waals surface area (Å²) in [6, 6.07) is 10.3. The summed E-state index contributed by atoms with van der Waals surface area (Å²) in [7, 11) is 3.76. The van der Waals surface area contributed by atoms with Gasteiger partial charge < -0.3 is 24.5 Å². The predicted octanol–water partition coefficient (Wildman–Crippen LogP) is 4.38. The lowest BCUT2D eigenvalue weighted by Gasteiger charge is -2.33. The zero-order chi connectivity index (χ0) is 28.6. The Hall–Kier alpha value is -4.16. The molecule has 1 aliphatic heterocycles. The Labute approximate surface area is 228 Å². The highest BCUT2D eigenvalue weighted by molar-refractivity contribution is 6.04. The number of halogens is 3. The lowest BCUT2D eigenvalue weighted by molar-refractivity contribution is -0.138. The molecule has 1 amide bonds. The van der Waals surface area contributed by atoms with Gasteiger partial charge in [0.15, 0.2) is 0 Å². The number of benzene rings is 2. The molecule has 0 aliphatic carbocycles. The Morgan fingerprint density at radius 2 is 1.82 bits per heavy atom. The highest BCUT2D eigenvalue weighted by Gasteiger charge is 2.34. The van der Waals surface area contributed by atoms with E-state index in [-0.39, 0.29) is 35.0 Å². The number of aromatic amines is 1. The van der Waals surface area contributed by atoms with Crippen LogP contribution in [0, 0.1) is 6.92 Å². The van der Waals surface area contributed by atoms with Gasteiger partial charge in [-0.3, -0.25) is 9.69 Å². The van der Waals surface area contributed by atoms with Gasteiger partial charge in [0.25, 0.3) is 5.91 Å². The van der Waals surface area contributed by atoms with Crippen molar-refractivity contribution in [1.82, 2.24) is 24.3 Å². The first-order valence-electron chi connectivity index (χ1n) is 12.7. The van der Waals surface area contributed by atoms with Crippen LogP contribution in [0.1, 0.15) is 27.0 Å². The molecular formula is C28H29F3N6O3. The standard InChI is InChI=1S/C28H29F3N6O3/c1-17-4-5-18(14-23(17)40-26-24-22(8-9-36(24)3)33-27(39)34-26)25(38)32-20-7-6-19(21(15-20)28(29,30)31)16-37-12-10-35(2)11-13-37/h4-9,14-15H,10-13,16H2,1-3H3,(H,32,38)(H,33,34,39). The minimum atomic E-state index is -4.57. The SMILES string of the molecule is Cc1ccc(C(=O)Nc2ccc(CN3CCN(C)CC3)c(C(F)(F)F)c2)cc1Oc1nc(=O)[nH]c2ccn(C)c12. The number of ether oxygens (including phenoxy) is 1. The van der Waals surface area contributed by atoms with Crippen molar-refractivity contribution in [2.24, 2.45) is 7.05 Å². The lowest BCUT2D eigenvalue weighted by Crippen LogP contribution is -2.44. The van der Waals surface area contributed by atoms with E-state index in [9.17, 15) is 22.8 Å². The van der Waals surface area contributed by atoms with Crippen LogP contribution in [0.3, 0.4) is 0 Å². The number of nitrogens with one attached hydrogen (secondary N) is 2. The molecule has 0 atom stereocenters. The van der Waals surface area contributed by atoms with E-state index in [0.29, 0.717) is 29.7 Å². The lowest BCUT2D eigenvalue weighted by atomic mass is 10.0. The number of fused-ring (bicyclic) bond motifs is 1. The number of carbonyl (C=O) groups excluding carboxylic acids is 1. The molecule has 0 unspecified atom stereocenters. The Morgan fingerprint density at radius 3 is 2.55 bits per heavy atom. The summed E-state index contributed by atoms with van der Waals surface area (Å²) in [4.78, 5) is 35.8. The van der Waals surface area contributed by atoms with E-state index in [2.05, 4.69) is 20.2 Å². The third-order valence-electron chi connectivity index (χ3n) is 7.04. The number of aromatic nitrogens is 3. The van der Waals surface area contributed by atoms with Crippen LogP contribution in [0.2, 0.25) is 0 Å². The molecule has 2 aromatic carbocycles. The van der Waals surface area contributed by atoms with Gasteiger partial charge in [-0.25, -0.2) is 4.79 Å². The van der Waals surface area contributed by atoms with Gasteiger partial charge in [-0.2, -0.15) is 18.2 Å². The van der Waals surface area contributed by atoms with Crippen molar-refractivity contribution in [2.45, 2.75) is 19.6 Å². The first-order chi connectivity index (χ1) is 19.0. The number of alkyl halides is 3. The number of hydrogen-bond acceptors (Lipinski definition) is 6. The number of nitrogens with zero attached hydrogens (tertiary/aromatic N) is 4. The van der Waals surface area contributed by atoms with Crippen molar-refractivity contribution in [3.05, 3.63) is 81.4 Å². The van der Waals surface area contributed by atoms with Crippen molar-refractivity contribution in [1.29, 1.82) is 0 Å². The number of hydrogen-bond donors (Lipinski definition) is 2. The molecule has 9 nitrogen and oxygen atoms in total. The van der Waals surface area contributed by atoms with Crippen LogP contribution < -0.4 is 15.7 Å². The molecule has 1 aliphatic rings. The van der Waals surface area contributed by atoms with Crippen LogP contribution in [-0.2, 0) is 19.8 Å². The second-order valence-electron chi connectivity index (χ2n) is 10.0. The van der Waals surface area contributed by atoms with E-state index < -0.39 is 23.3 Å². The molecule has 12 heteroatoms. The Balaban J connectivity index is 1.37.